The van der Waals surface area contributed by atoms with E-state index in [1.165, 1.54) is 0 Å². The van der Waals surface area contributed by atoms with Crippen molar-refractivity contribution in [3.8, 4) is 0 Å². The Labute approximate surface area is 182 Å². The van der Waals surface area contributed by atoms with Crippen LogP contribution in [0.2, 0.25) is 0 Å². The van der Waals surface area contributed by atoms with Gasteiger partial charge in [-0.2, -0.15) is 13.2 Å². The predicted octanol–water partition coefficient (Wildman–Crippen LogP) is 3.52. The SMILES string of the molecule is O=C(CCC(F)(F)F)NCCN1CCC(CNC(=O)c2cccc(CI)c2)CC1. The van der Waals surface area contributed by atoms with Gasteiger partial charge in [0.05, 0.1) is 6.42 Å². The number of halogens is 4. The molecule has 0 atom stereocenters. The van der Waals surface area contributed by atoms with Gasteiger partial charge in [-0.25, -0.2) is 0 Å². The summed E-state index contributed by atoms with van der Waals surface area (Å²) in [7, 11) is 0. The number of hydrogen-bond donors (Lipinski definition) is 2. The van der Waals surface area contributed by atoms with Gasteiger partial charge in [-0.05, 0) is 49.5 Å². The molecule has 2 N–H and O–H groups in total. The van der Waals surface area contributed by atoms with Gasteiger partial charge in [0.25, 0.3) is 5.91 Å². The van der Waals surface area contributed by atoms with Gasteiger partial charge >= 0.3 is 6.18 Å². The van der Waals surface area contributed by atoms with Gasteiger partial charge in [0, 0.05) is 36.0 Å². The first-order valence-corrected chi connectivity index (χ1v) is 11.3. The molecule has 1 aliphatic heterocycles. The second-order valence-electron chi connectivity index (χ2n) is 7.29. The van der Waals surface area contributed by atoms with Crippen LogP contribution in [0.4, 0.5) is 13.2 Å². The van der Waals surface area contributed by atoms with Gasteiger partial charge < -0.3 is 15.5 Å². The summed E-state index contributed by atoms with van der Waals surface area (Å²) in [5, 5.41) is 5.55. The van der Waals surface area contributed by atoms with Crippen LogP contribution in [0, 0.1) is 5.92 Å². The van der Waals surface area contributed by atoms with Gasteiger partial charge in [-0.15, -0.1) is 0 Å². The first kappa shape index (κ1) is 23.9. The summed E-state index contributed by atoms with van der Waals surface area (Å²) in [5.41, 5.74) is 1.80. The Morgan fingerprint density at radius 3 is 2.55 bits per heavy atom. The molecule has 1 saturated heterocycles. The third-order valence-corrected chi connectivity index (χ3v) is 5.87. The Balaban J connectivity index is 1.60. The Morgan fingerprint density at radius 2 is 1.90 bits per heavy atom. The van der Waals surface area contributed by atoms with Gasteiger partial charge in [0.2, 0.25) is 5.91 Å². The molecule has 0 unspecified atom stereocenters. The largest absolute Gasteiger partial charge is 0.389 e. The number of carbonyl (C=O) groups excluding carboxylic acids is 2. The Hall–Kier alpha value is -1.36. The van der Waals surface area contributed by atoms with Crippen LogP contribution in [0.3, 0.4) is 0 Å². The van der Waals surface area contributed by atoms with E-state index >= 15 is 0 Å². The lowest BCUT2D eigenvalue weighted by molar-refractivity contribution is -0.144. The topological polar surface area (TPSA) is 61.4 Å². The molecule has 2 amide bonds. The molecule has 1 aliphatic rings. The normalized spacial score (nSPS) is 15.9. The summed E-state index contributed by atoms with van der Waals surface area (Å²) in [6.45, 7) is 3.31. The van der Waals surface area contributed by atoms with E-state index in [1.807, 2.05) is 24.3 Å². The van der Waals surface area contributed by atoms with Crippen LogP contribution in [-0.4, -0.2) is 55.6 Å². The van der Waals surface area contributed by atoms with Crippen molar-refractivity contribution in [1.82, 2.24) is 15.5 Å². The third kappa shape index (κ3) is 9.33. The molecule has 5 nitrogen and oxygen atoms in total. The summed E-state index contributed by atoms with van der Waals surface area (Å²) < 4.78 is 37.1. The van der Waals surface area contributed by atoms with Crippen LogP contribution < -0.4 is 10.6 Å². The van der Waals surface area contributed by atoms with E-state index in [0.29, 0.717) is 31.1 Å². The van der Waals surface area contributed by atoms with E-state index in [1.54, 1.807) is 0 Å². The molecule has 0 radical (unpaired) electrons. The third-order valence-electron chi connectivity index (χ3n) is 4.99. The molecule has 1 aromatic carbocycles. The highest BCUT2D eigenvalue weighted by molar-refractivity contribution is 14.1. The lowest BCUT2D eigenvalue weighted by Gasteiger charge is -2.32. The van der Waals surface area contributed by atoms with E-state index in [2.05, 4.69) is 38.1 Å². The Bertz CT molecular complexity index is 677. The fourth-order valence-corrected chi connectivity index (χ4v) is 3.72. The number of nitrogens with zero attached hydrogens (tertiary/aromatic N) is 1. The maximum atomic E-state index is 12.3. The maximum absolute atomic E-state index is 12.3. The molecule has 2 rings (SSSR count). The fourth-order valence-electron chi connectivity index (χ4n) is 3.25. The monoisotopic (exact) mass is 525 g/mol. The second-order valence-corrected chi connectivity index (χ2v) is 8.06. The van der Waals surface area contributed by atoms with Crippen molar-refractivity contribution in [2.45, 2.75) is 36.3 Å². The first-order chi connectivity index (χ1) is 13.8. The molecule has 1 aromatic rings. The molecule has 9 heteroatoms. The van der Waals surface area contributed by atoms with E-state index in [4.69, 9.17) is 0 Å². The van der Waals surface area contributed by atoms with Gasteiger partial charge in [-0.1, -0.05) is 34.7 Å². The lowest BCUT2D eigenvalue weighted by atomic mass is 9.96. The second kappa shape index (κ2) is 11.7. The molecule has 162 valence electrons. The maximum Gasteiger partial charge on any atom is 0.389 e. The van der Waals surface area contributed by atoms with E-state index in [-0.39, 0.29) is 5.91 Å². The lowest BCUT2D eigenvalue weighted by Crippen LogP contribution is -2.42. The highest BCUT2D eigenvalue weighted by atomic mass is 127. The molecule has 0 spiro atoms. The molecule has 0 aliphatic carbocycles. The molecule has 29 heavy (non-hydrogen) atoms. The summed E-state index contributed by atoms with van der Waals surface area (Å²) in [5.74, 6) is -0.211. The van der Waals surface area contributed by atoms with Crippen molar-refractivity contribution >= 4 is 34.4 Å². The molecule has 0 aromatic heterocycles. The van der Waals surface area contributed by atoms with Crippen molar-refractivity contribution < 1.29 is 22.8 Å². The number of alkyl halides is 4. The Kier molecular flexibility index (Phi) is 9.67. The standard InChI is InChI=1S/C20H27F3IN3O2/c21-20(22,23)7-4-18(28)25-8-11-27-9-5-15(6-10-27)14-26-19(29)17-3-1-2-16(12-17)13-24/h1-3,12,15H,4-11,13-14H2,(H,25,28)(H,26,29). The van der Waals surface area contributed by atoms with Crippen molar-refractivity contribution in [1.29, 1.82) is 0 Å². The predicted molar refractivity (Wildman–Crippen MR) is 114 cm³/mol. The molecular weight excluding hydrogens is 498 g/mol. The van der Waals surface area contributed by atoms with Crippen molar-refractivity contribution in [3.63, 3.8) is 0 Å². The average molecular weight is 525 g/mol. The number of likely N-dealkylation sites (tertiary alicyclic amines) is 1. The van der Waals surface area contributed by atoms with Crippen LogP contribution in [0.25, 0.3) is 0 Å². The summed E-state index contributed by atoms with van der Waals surface area (Å²) in [6, 6.07) is 7.62. The van der Waals surface area contributed by atoms with Crippen LogP contribution in [0.1, 0.15) is 41.6 Å². The van der Waals surface area contributed by atoms with E-state index < -0.39 is 24.9 Å². The van der Waals surface area contributed by atoms with Crippen LogP contribution in [0.15, 0.2) is 24.3 Å². The molecule has 0 saturated carbocycles. The quantitative estimate of drug-likeness (QED) is 0.383. The number of amides is 2. The first-order valence-electron chi connectivity index (χ1n) is 9.76. The van der Waals surface area contributed by atoms with Crippen LogP contribution in [-0.2, 0) is 9.22 Å². The fraction of sp³-hybridized carbons (Fsp3) is 0.600. The summed E-state index contributed by atoms with van der Waals surface area (Å²) >= 11 is 2.27. The van der Waals surface area contributed by atoms with Crippen molar-refractivity contribution in [2.75, 3.05) is 32.7 Å². The van der Waals surface area contributed by atoms with Gasteiger partial charge in [-0.3, -0.25) is 9.59 Å². The van der Waals surface area contributed by atoms with Crippen LogP contribution >= 0.6 is 22.6 Å². The minimum atomic E-state index is -4.30. The van der Waals surface area contributed by atoms with Gasteiger partial charge in [0.1, 0.15) is 0 Å². The zero-order valence-electron chi connectivity index (χ0n) is 16.2. The summed E-state index contributed by atoms with van der Waals surface area (Å²) in [4.78, 5) is 25.9. The molecular formula is C20H27F3IN3O2. The molecule has 1 fully saturated rings. The Morgan fingerprint density at radius 1 is 1.17 bits per heavy atom. The number of nitrogens with one attached hydrogen (secondary N) is 2. The zero-order chi connectivity index (χ0) is 21.3. The van der Waals surface area contributed by atoms with E-state index in [0.717, 1.165) is 35.9 Å². The smallest absolute Gasteiger partial charge is 0.355 e. The van der Waals surface area contributed by atoms with Crippen LogP contribution in [0.5, 0.6) is 0 Å². The van der Waals surface area contributed by atoms with Crippen molar-refractivity contribution in [3.05, 3.63) is 35.4 Å². The van der Waals surface area contributed by atoms with Gasteiger partial charge in [0.15, 0.2) is 0 Å². The van der Waals surface area contributed by atoms with E-state index in [9.17, 15) is 22.8 Å². The molecule has 1 heterocycles. The minimum Gasteiger partial charge on any atom is -0.355 e. The average Bonchev–Trinajstić information content (AvgIpc) is 2.71. The number of rotatable bonds is 9. The highest BCUT2D eigenvalue weighted by Gasteiger charge is 2.27. The highest BCUT2D eigenvalue weighted by Crippen LogP contribution is 2.21. The molecule has 0 bridgehead atoms. The minimum absolute atomic E-state index is 0.0549. The zero-order valence-corrected chi connectivity index (χ0v) is 18.4. The number of benzene rings is 1. The number of hydrogen-bond acceptors (Lipinski definition) is 3. The summed E-state index contributed by atoms with van der Waals surface area (Å²) in [6.07, 6.45) is -4.02. The number of piperidine rings is 1. The van der Waals surface area contributed by atoms with Crippen molar-refractivity contribution in [2.24, 2.45) is 5.92 Å². The number of carbonyl (C=O) groups is 2.